The first-order valence-corrected chi connectivity index (χ1v) is 7.65. The lowest BCUT2D eigenvalue weighted by atomic mass is 10.2. The lowest BCUT2D eigenvalue weighted by Crippen LogP contribution is -2.19. The van der Waals surface area contributed by atoms with Gasteiger partial charge in [-0.15, -0.1) is 13.2 Å². The Bertz CT molecular complexity index is 1020. The molecule has 1 amide bonds. The molecule has 0 aliphatic heterocycles. The minimum Gasteiger partial charge on any atom is -0.406 e. The highest BCUT2D eigenvalue weighted by atomic mass is 19.4. The largest absolute Gasteiger partial charge is 0.573 e. The van der Waals surface area contributed by atoms with Crippen molar-refractivity contribution in [3.8, 4) is 5.75 Å². The van der Waals surface area contributed by atoms with Crippen molar-refractivity contribution in [2.75, 3.05) is 5.32 Å². The van der Waals surface area contributed by atoms with E-state index in [9.17, 15) is 22.8 Å². The molecule has 0 radical (unpaired) electrons. The van der Waals surface area contributed by atoms with Crippen LogP contribution >= 0.6 is 0 Å². The molecule has 3 rings (SSSR count). The number of carbonyl (C=O) groups excluding carboxylic acids is 1. The number of benzene rings is 1. The number of aromatic amines is 1. The van der Waals surface area contributed by atoms with Crippen LogP contribution in [0.2, 0.25) is 0 Å². The quantitative estimate of drug-likeness (QED) is 0.743. The molecule has 0 aliphatic carbocycles. The molecule has 0 unspecified atom stereocenters. The van der Waals surface area contributed by atoms with Crippen LogP contribution in [0.25, 0.3) is 10.9 Å². The molecule has 0 saturated carbocycles. The number of carbonyl (C=O) groups is 1. The molecule has 2 aromatic heterocycles. The molecule has 26 heavy (non-hydrogen) atoms. The van der Waals surface area contributed by atoms with Gasteiger partial charge in [0.05, 0.1) is 5.69 Å². The van der Waals surface area contributed by atoms with E-state index < -0.39 is 12.3 Å². The highest BCUT2D eigenvalue weighted by Gasteiger charge is 2.31. The van der Waals surface area contributed by atoms with E-state index >= 15 is 0 Å². The molecule has 136 valence electrons. The molecule has 0 fully saturated rings. The summed E-state index contributed by atoms with van der Waals surface area (Å²) in [7, 11) is 0. The SMILES string of the molecule is CCn1cc(NC(=O)c2cc3ccc(OC(F)(F)F)cc3[nH]2)ccc1=O. The number of aryl methyl sites for hydroxylation is 1. The van der Waals surface area contributed by atoms with E-state index in [1.807, 2.05) is 0 Å². The number of nitrogens with zero attached hydrogens (tertiary/aromatic N) is 1. The smallest absolute Gasteiger partial charge is 0.406 e. The van der Waals surface area contributed by atoms with Gasteiger partial charge in [0, 0.05) is 35.8 Å². The summed E-state index contributed by atoms with van der Waals surface area (Å²) in [6.45, 7) is 2.25. The predicted octanol–water partition coefficient (Wildman–Crippen LogP) is 3.50. The van der Waals surface area contributed by atoms with E-state index in [2.05, 4.69) is 15.0 Å². The van der Waals surface area contributed by atoms with Gasteiger partial charge in [-0.1, -0.05) is 0 Å². The Kier molecular flexibility index (Phi) is 4.45. The summed E-state index contributed by atoms with van der Waals surface area (Å²) >= 11 is 0. The Morgan fingerprint density at radius 3 is 2.69 bits per heavy atom. The van der Waals surface area contributed by atoms with E-state index in [0.29, 0.717) is 23.1 Å². The molecule has 9 heteroatoms. The topological polar surface area (TPSA) is 76.1 Å². The molecular formula is C17H14F3N3O3. The second-order valence-corrected chi connectivity index (χ2v) is 5.48. The number of fused-ring (bicyclic) bond motifs is 1. The maximum Gasteiger partial charge on any atom is 0.573 e. The number of hydrogen-bond acceptors (Lipinski definition) is 3. The van der Waals surface area contributed by atoms with Gasteiger partial charge >= 0.3 is 6.36 Å². The Morgan fingerprint density at radius 2 is 2.00 bits per heavy atom. The number of aromatic nitrogens is 2. The summed E-state index contributed by atoms with van der Waals surface area (Å²) in [6.07, 6.45) is -3.28. The highest BCUT2D eigenvalue weighted by molar-refractivity contribution is 6.05. The number of H-pyrrole nitrogens is 1. The van der Waals surface area contributed by atoms with Crippen LogP contribution in [-0.2, 0) is 6.54 Å². The number of alkyl halides is 3. The number of halogens is 3. The Labute approximate surface area is 145 Å². The number of hydrogen-bond donors (Lipinski definition) is 2. The van der Waals surface area contributed by atoms with E-state index in [4.69, 9.17) is 0 Å². The lowest BCUT2D eigenvalue weighted by molar-refractivity contribution is -0.274. The van der Waals surface area contributed by atoms with Gasteiger partial charge in [-0.3, -0.25) is 9.59 Å². The standard InChI is InChI=1S/C17H14F3N3O3/c1-2-23-9-11(4-6-15(23)24)21-16(25)14-7-10-3-5-12(8-13(10)22-14)26-17(18,19)20/h3-9,22H,2H2,1H3,(H,21,25). The average molecular weight is 365 g/mol. The Morgan fingerprint density at radius 1 is 1.23 bits per heavy atom. The van der Waals surface area contributed by atoms with Gasteiger partial charge in [-0.05, 0) is 31.2 Å². The third-order valence-electron chi connectivity index (χ3n) is 3.65. The maximum atomic E-state index is 12.3. The number of ether oxygens (including phenoxy) is 1. The number of amides is 1. The van der Waals surface area contributed by atoms with Crippen molar-refractivity contribution in [1.82, 2.24) is 9.55 Å². The number of anilines is 1. The van der Waals surface area contributed by atoms with Gasteiger partial charge in [-0.2, -0.15) is 0 Å². The lowest BCUT2D eigenvalue weighted by Gasteiger charge is -2.08. The van der Waals surface area contributed by atoms with Crippen molar-refractivity contribution < 1.29 is 22.7 Å². The molecule has 2 N–H and O–H groups in total. The fraction of sp³-hybridized carbons (Fsp3) is 0.176. The third kappa shape index (κ3) is 3.88. The van der Waals surface area contributed by atoms with Crippen LogP contribution in [0.15, 0.2) is 47.4 Å². The van der Waals surface area contributed by atoms with Gasteiger partial charge in [0.15, 0.2) is 0 Å². The molecule has 6 nitrogen and oxygen atoms in total. The second-order valence-electron chi connectivity index (χ2n) is 5.48. The van der Waals surface area contributed by atoms with Crippen molar-refractivity contribution >= 4 is 22.5 Å². The van der Waals surface area contributed by atoms with Crippen molar-refractivity contribution in [1.29, 1.82) is 0 Å². The van der Waals surface area contributed by atoms with Crippen LogP contribution in [0, 0.1) is 0 Å². The number of nitrogens with one attached hydrogen (secondary N) is 2. The fourth-order valence-electron chi connectivity index (χ4n) is 2.48. The van der Waals surface area contributed by atoms with Gasteiger partial charge in [-0.25, -0.2) is 0 Å². The summed E-state index contributed by atoms with van der Waals surface area (Å²) in [6, 6.07) is 8.08. The van der Waals surface area contributed by atoms with E-state index in [0.717, 1.165) is 6.07 Å². The average Bonchev–Trinajstić information content (AvgIpc) is 2.98. The van der Waals surface area contributed by atoms with Gasteiger partial charge in [0.1, 0.15) is 11.4 Å². The summed E-state index contributed by atoms with van der Waals surface area (Å²) in [5, 5.41) is 3.19. The van der Waals surface area contributed by atoms with E-state index in [1.165, 1.54) is 41.1 Å². The van der Waals surface area contributed by atoms with Crippen molar-refractivity contribution in [3.63, 3.8) is 0 Å². The van der Waals surface area contributed by atoms with Crippen LogP contribution in [-0.4, -0.2) is 21.8 Å². The Hall–Kier alpha value is -3.23. The van der Waals surface area contributed by atoms with Crippen molar-refractivity contribution in [2.24, 2.45) is 0 Å². The van der Waals surface area contributed by atoms with Gasteiger partial charge in [0.2, 0.25) is 0 Å². The van der Waals surface area contributed by atoms with Gasteiger partial charge < -0.3 is 19.6 Å². The first kappa shape index (κ1) is 17.6. The molecule has 0 aliphatic rings. The first-order chi connectivity index (χ1) is 12.2. The molecule has 1 aromatic carbocycles. The zero-order valence-electron chi connectivity index (χ0n) is 13.6. The first-order valence-electron chi connectivity index (χ1n) is 7.65. The third-order valence-corrected chi connectivity index (χ3v) is 3.65. The van der Waals surface area contributed by atoms with Crippen LogP contribution in [0.3, 0.4) is 0 Å². The van der Waals surface area contributed by atoms with E-state index in [1.54, 1.807) is 6.92 Å². The minimum atomic E-state index is -4.79. The summed E-state index contributed by atoms with van der Waals surface area (Å²) in [4.78, 5) is 26.7. The predicted molar refractivity (Wildman–Crippen MR) is 89.3 cm³/mol. The second kappa shape index (κ2) is 6.58. The van der Waals surface area contributed by atoms with Crippen LogP contribution in [0.5, 0.6) is 5.75 Å². The summed E-state index contributed by atoms with van der Waals surface area (Å²) in [5.74, 6) is -0.866. The molecule has 3 aromatic rings. The zero-order chi connectivity index (χ0) is 18.9. The van der Waals surface area contributed by atoms with Crippen molar-refractivity contribution in [3.05, 3.63) is 58.6 Å². The normalized spacial score (nSPS) is 11.5. The van der Waals surface area contributed by atoms with Crippen LogP contribution in [0.1, 0.15) is 17.4 Å². The monoisotopic (exact) mass is 365 g/mol. The minimum absolute atomic E-state index is 0.165. The molecule has 0 saturated heterocycles. The van der Waals surface area contributed by atoms with E-state index in [-0.39, 0.29) is 17.0 Å². The van der Waals surface area contributed by atoms with Crippen LogP contribution < -0.4 is 15.6 Å². The van der Waals surface area contributed by atoms with Crippen molar-refractivity contribution in [2.45, 2.75) is 19.8 Å². The highest BCUT2D eigenvalue weighted by Crippen LogP contribution is 2.26. The number of rotatable bonds is 4. The number of pyridine rings is 1. The summed E-state index contributed by atoms with van der Waals surface area (Å²) in [5.41, 5.74) is 0.735. The molecular weight excluding hydrogens is 351 g/mol. The summed E-state index contributed by atoms with van der Waals surface area (Å²) < 4.78 is 42.2. The zero-order valence-corrected chi connectivity index (χ0v) is 13.6. The van der Waals surface area contributed by atoms with Crippen LogP contribution in [0.4, 0.5) is 18.9 Å². The maximum absolute atomic E-state index is 12.3. The molecule has 0 spiro atoms. The Balaban J connectivity index is 1.83. The van der Waals surface area contributed by atoms with Gasteiger partial charge in [0.25, 0.3) is 11.5 Å². The molecule has 0 bridgehead atoms. The molecule has 2 heterocycles. The molecule has 0 atom stereocenters. The fourth-order valence-corrected chi connectivity index (χ4v) is 2.48.